The molecule has 0 bridgehead atoms. The number of rotatable bonds is 7. The van der Waals surface area contributed by atoms with Crippen LogP contribution in [0.2, 0.25) is 5.02 Å². The number of nitro groups is 1. The van der Waals surface area contributed by atoms with E-state index in [1.165, 1.54) is 25.1 Å². The van der Waals surface area contributed by atoms with E-state index in [1.54, 1.807) is 24.3 Å². The van der Waals surface area contributed by atoms with Crippen LogP contribution >= 0.6 is 11.6 Å². The van der Waals surface area contributed by atoms with Crippen LogP contribution in [0.15, 0.2) is 42.5 Å². The molecule has 0 aliphatic heterocycles. The van der Waals surface area contributed by atoms with Crippen molar-refractivity contribution in [3.8, 4) is 5.75 Å². The van der Waals surface area contributed by atoms with Gasteiger partial charge in [-0.05, 0) is 43.3 Å². The second-order valence-corrected chi connectivity index (χ2v) is 5.98. The van der Waals surface area contributed by atoms with Gasteiger partial charge in [0.15, 0.2) is 0 Å². The highest BCUT2D eigenvalue weighted by atomic mass is 35.5. The predicted octanol–water partition coefficient (Wildman–Crippen LogP) is 3.99. The number of carboxylic acid groups (broad SMARTS) is 1. The van der Waals surface area contributed by atoms with Gasteiger partial charge in [0, 0.05) is 17.4 Å². The average Bonchev–Trinajstić information content (AvgIpc) is 2.60. The Bertz CT molecular complexity index is 856. The largest absolute Gasteiger partial charge is 0.493 e. The van der Waals surface area contributed by atoms with Crippen LogP contribution in [0.3, 0.4) is 0 Å². The van der Waals surface area contributed by atoms with Crippen LogP contribution in [0.4, 0.5) is 21.9 Å². The van der Waals surface area contributed by atoms with Crippen molar-refractivity contribution in [1.29, 1.82) is 0 Å². The summed E-state index contributed by atoms with van der Waals surface area (Å²) in [4.78, 5) is 32.8. The van der Waals surface area contributed by atoms with Crippen LogP contribution in [-0.2, 0) is 4.79 Å². The van der Waals surface area contributed by atoms with E-state index in [4.69, 9.17) is 21.4 Å². The van der Waals surface area contributed by atoms with Gasteiger partial charge in [0.25, 0.3) is 5.69 Å². The molecule has 0 heterocycles. The molecule has 0 radical (unpaired) electrons. The van der Waals surface area contributed by atoms with Crippen molar-refractivity contribution in [3.05, 3.63) is 57.6 Å². The zero-order valence-electron chi connectivity index (χ0n) is 14.1. The molecule has 142 valence electrons. The molecule has 0 saturated heterocycles. The van der Waals surface area contributed by atoms with E-state index in [0.717, 1.165) is 0 Å². The number of benzene rings is 2. The maximum absolute atomic E-state index is 12.0. The van der Waals surface area contributed by atoms with Gasteiger partial charge in [-0.25, -0.2) is 4.79 Å². The molecule has 1 unspecified atom stereocenters. The number of nitrogens with zero attached hydrogens (tertiary/aromatic N) is 1. The highest BCUT2D eigenvalue weighted by Gasteiger charge is 2.13. The number of carboxylic acids is 1. The molecule has 0 aliphatic carbocycles. The minimum Gasteiger partial charge on any atom is -0.493 e. The van der Waals surface area contributed by atoms with Gasteiger partial charge in [-0.15, -0.1) is 0 Å². The number of carbonyl (C=O) groups is 2. The summed E-state index contributed by atoms with van der Waals surface area (Å²) in [5.41, 5.74) is 0.514. The number of nitrogens with one attached hydrogen (secondary N) is 2. The lowest BCUT2D eigenvalue weighted by Crippen LogP contribution is -2.19. The number of aliphatic carboxylic acids is 1. The molecular formula is C17H16ClN3O6. The number of nitro benzene ring substituents is 1. The zero-order chi connectivity index (χ0) is 20.0. The molecule has 2 rings (SSSR count). The Labute approximate surface area is 159 Å². The molecule has 0 spiro atoms. The number of ether oxygens (including phenoxy) is 1. The van der Waals surface area contributed by atoms with Gasteiger partial charge in [0.1, 0.15) is 17.4 Å². The Morgan fingerprint density at radius 2 is 1.78 bits per heavy atom. The van der Waals surface area contributed by atoms with Crippen molar-refractivity contribution < 1.29 is 24.4 Å². The van der Waals surface area contributed by atoms with Crippen LogP contribution in [0.5, 0.6) is 5.75 Å². The van der Waals surface area contributed by atoms with Gasteiger partial charge in [0.2, 0.25) is 0 Å². The summed E-state index contributed by atoms with van der Waals surface area (Å²) >= 11 is 5.79. The third-order valence-electron chi connectivity index (χ3n) is 3.44. The second kappa shape index (κ2) is 8.86. The maximum Gasteiger partial charge on any atom is 0.323 e. The number of anilines is 2. The molecule has 0 saturated carbocycles. The molecule has 9 nitrogen and oxygen atoms in total. The van der Waals surface area contributed by atoms with E-state index in [1.807, 2.05) is 0 Å². The van der Waals surface area contributed by atoms with Crippen molar-refractivity contribution in [2.24, 2.45) is 5.92 Å². The van der Waals surface area contributed by atoms with E-state index < -0.39 is 22.8 Å². The maximum atomic E-state index is 12.0. The summed E-state index contributed by atoms with van der Waals surface area (Å²) in [6, 6.07) is 9.63. The van der Waals surface area contributed by atoms with Crippen LogP contribution in [-0.4, -0.2) is 28.6 Å². The third kappa shape index (κ3) is 5.86. The number of hydrogen-bond acceptors (Lipinski definition) is 5. The minimum atomic E-state index is -0.948. The summed E-state index contributed by atoms with van der Waals surface area (Å²) in [6.07, 6.45) is 0. The summed E-state index contributed by atoms with van der Waals surface area (Å²) in [5, 5.41) is 24.5. The Balaban J connectivity index is 1.91. The number of carbonyl (C=O) groups excluding carboxylic acids is 1. The first-order valence-electron chi connectivity index (χ1n) is 7.74. The monoisotopic (exact) mass is 393 g/mol. The normalized spacial score (nSPS) is 11.3. The lowest BCUT2D eigenvalue weighted by Gasteiger charge is -2.11. The van der Waals surface area contributed by atoms with E-state index in [2.05, 4.69) is 10.6 Å². The Kier molecular flexibility index (Phi) is 6.56. The van der Waals surface area contributed by atoms with Crippen molar-refractivity contribution in [3.63, 3.8) is 0 Å². The minimum absolute atomic E-state index is 0.0312. The highest BCUT2D eigenvalue weighted by molar-refractivity contribution is 6.33. The van der Waals surface area contributed by atoms with Gasteiger partial charge in [0.05, 0.1) is 10.8 Å². The first-order valence-corrected chi connectivity index (χ1v) is 8.11. The van der Waals surface area contributed by atoms with Crippen molar-refractivity contribution in [2.45, 2.75) is 6.92 Å². The number of amides is 2. The van der Waals surface area contributed by atoms with Crippen molar-refractivity contribution in [1.82, 2.24) is 0 Å². The van der Waals surface area contributed by atoms with E-state index in [9.17, 15) is 19.7 Å². The molecule has 0 fully saturated rings. The molecule has 2 aromatic rings. The van der Waals surface area contributed by atoms with Crippen molar-refractivity contribution >= 4 is 40.7 Å². The van der Waals surface area contributed by atoms with Crippen LogP contribution < -0.4 is 15.4 Å². The van der Waals surface area contributed by atoms with E-state index in [-0.39, 0.29) is 17.3 Å². The Morgan fingerprint density at radius 3 is 2.33 bits per heavy atom. The fourth-order valence-electron chi connectivity index (χ4n) is 1.95. The molecule has 2 aromatic carbocycles. The number of halogens is 1. The fourth-order valence-corrected chi connectivity index (χ4v) is 2.20. The molecule has 2 amide bonds. The standard InChI is InChI=1S/C17H16ClN3O6/c1-10(16(22)23)9-27-13-5-2-11(3-6-13)19-17(24)20-12-4-7-15(21(25)26)14(18)8-12/h2-8,10H,9H2,1H3,(H,22,23)(H2,19,20,24). The van der Waals surface area contributed by atoms with Crippen LogP contribution in [0, 0.1) is 16.0 Å². The summed E-state index contributed by atoms with van der Waals surface area (Å²) in [7, 11) is 0. The lowest BCUT2D eigenvalue weighted by atomic mass is 10.2. The molecule has 10 heteroatoms. The lowest BCUT2D eigenvalue weighted by molar-refractivity contribution is -0.384. The Morgan fingerprint density at radius 1 is 1.19 bits per heavy atom. The van der Waals surface area contributed by atoms with Crippen molar-refractivity contribution in [2.75, 3.05) is 17.2 Å². The Hall–Kier alpha value is -3.33. The van der Waals surface area contributed by atoms with Crippen LogP contribution in [0.25, 0.3) is 0 Å². The van der Waals surface area contributed by atoms with E-state index >= 15 is 0 Å². The first-order chi connectivity index (χ1) is 12.8. The quantitative estimate of drug-likeness (QED) is 0.481. The fraction of sp³-hybridized carbons (Fsp3) is 0.176. The summed E-state index contributed by atoms with van der Waals surface area (Å²) in [6.45, 7) is 1.57. The van der Waals surface area contributed by atoms with Gasteiger partial charge in [-0.2, -0.15) is 0 Å². The second-order valence-electron chi connectivity index (χ2n) is 5.58. The number of urea groups is 1. The van der Waals surface area contributed by atoms with E-state index in [0.29, 0.717) is 17.1 Å². The zero-order valence-corrected chi connectivity index (χ0v) is 14.9. The van der Waals surface area contributed by atoms with Crippen LogP contribution in [0.1, 0.15) is 6.92 Å². The highest BCUT2D eigenvalue weighted by Crippen LogP contribution is 2.27. The van der Waals surface area contributed by atoms with Gasteiger partial charge in [-0.3, -0.25) is 14.9 Å². The SMILES string of the molecule is CC(COc1ccc(NC(=O)Nc2ccc([N+](=O)[O-])c(Cl)c2)cc1)C(=O)O. The molecule has 0 aliphatic rings. The average molecular weight is 394 g/mol. The third-order valence-corrected chi connectivity index (χ3v) is 3.74. The molecule has 1 atom stereocenters. The summed E-state index contributed by atoms with van der Waals surface area (Å²) in [5.74, 6) is -1.12. The molecular weight excluding hydrogens is 378 g/mol. The predicted molar refractivity (Wildman–Crippen MR) is 99.5 cm³/mol. The number of hydrogen-bond donors (Lipinski definition) is 3. The van der Waals surface area contributed by atoms with Gasteiger partial charge >= 0.3 is 12.0 Å². The smallest absolute Gasteiger partial charge is 0.323 e. The summed E-state index contributed by atoms with van der Waals surface area (Å²) < 4.78 is 5.35. The topological polar surface area (TPSA) is 131 Å². The molecule has 3 N–H and O–H groups in total. The first kappa shape index (κ1) is 20.0. The molecule has 0 aromatic heterocycles. The van der Waals surface area contributed by atoms with Gasteiger partial charge in [-0.1, -0.05) is 11.6 Å². The molecule has 27 heavy (non-hydrogen) atoms. The van der Waals surface area contributed by atoms with Gasteiger partial charge < -0.3 is 20.5 Å².